The minimum absolute atomic E-state index is 0.580. The summed E-state index contributed by atoms with van der Waals surface area (Å²) in [5, 5.41) is 1.00. The van der Waals surface area contributed by atoms with Crippen molar-refractivity contribution in [3.8, 4) is 0 Å². The van der Waals surface area contributed by atoms with E-state index in [2.05, 4.69) is 33.8 Å². The summed E-state index contributed by atoms with van der Waals surface area (Å²) in [6.45, 7) is 8.77. The van der Waals surface area contributed by atoms with E-state index in [9.17, 15) is 0 Å². The zero-order chi connectivity index (χ0) is 9.30. The van der Waals surface area contributed by atoms with Crippen LogP contribution in [-0.4, -0.2) is 0 Å². The molecule has 0 bridgehead atoms. The first-order valence-electron chi connectivity index (χ1n) is 4.60. The van der Waals surface area contributed by atoms with Gasteiger partial charge in [0.1, 0.15) is 0 Å². The highest BCUT2D eigenvalue weighted by molar-refractivity contribution is 6.32. The van der Waals surface area contributed by atoms with Crippen LogP contribution in [0.25, 0.3) is 0 Å². The molecule has 0 aromatic rings. The van der Waals surface area contributed by atoms with Gasteiger partial charge in [0.2, 0.25) is 0 Å². The van der Waals surface area contributed by atoms with Crippen molar-refractivity contribution in [1.29, 1.82) is 0 Å². The highest BCUT2D eigenvalue weighted by Gasteiger charge is 2.20. The molecule has 0 radical (unpaired) electrons. The first kappa shape index (κ1) is 9.85. The number of hydrogen-bond acceptors (Lipinski definition) is 0. The van der Waals surface area contributed by atoms with Crippen molar-refractivity contribution in [3.63, 3.8) is 0 Å². The van der Waals surface area contributed by atoms with Crippen molar-refractivity contribution in [1.82, 2.24) is 0 Å². The first-order chi connectivity index (χ1) is 5.54. The Morgan fingerprint density at radius 1 is 1.50 bits per heavy atom. The fourth-order valence-corrected chi connectivity index (χ4v) is 2.32. The first-order valence-corrected chi connectivity index (χ1v) is 4.98. The summed E-state index contributed by atoms with van der Waals surface area (Å²) in [6, 6.07) is 0. The predicted molar refractivity (Wildman–Crippen MR) is 55.3 cm³/mol. The molecule has 1 aliphatic carbocycles. The Labute approximate surface area is 80.3 Å². The van der Waals surface area contributed by atoms with Gasteiger partial charge in [-0.25, -0.2) is 0 Å². The second kappa shape index (κ2) is 3.66. The minimum Gasteiger partial charge on any atom is -0.0841 e. The Hall–Kier alpha value is -0.230. The summed E-state index contributed by atoms with van der Waals surface area (Å²) in [5.74, 6) is 1.21. The van der Waals surface area contributed by atoms with Gasteiger partial charge in [0.05, 0.1) is 0 Å². The van der Waals surface area contributed by atoms with Crippen LogP contribution in [0, 0.1) is 11.8 Å². The van der Waals surface area contributed by atoms with Gasteiger partial charge in [0.15, 0.2) is 0 Å². The Morgan fingerprint density at radius 3 is 2.50 bits per heavy atom. The molecule has 0 N–H and O–H groups in total. The van der Waals surface area contributed by atoms with E-state index in [1.165, 1.54) is 11.1 Å². The van der Waals surface area contributed by atoms with E-state index in [0.717, 1.165) is 11.5 Å². The largest absolute Gasteiger partial charge is 0.0841 e. The van der Waals surface area contributed by atoms with E-state index in [4.69, 9.17) is 11.6 Å². The zero-order valence-electron chi connectivity index (χ0n) is 8.32. The lowest BCUT2D eigenvalue weighted by Crippen LogP contribution is -2.11. The second-order valence-electron chi connectivity index (χ2n) is 3.95. The zero-order valence-corrected chi connectivity index (χ0v) is 9.07. The van der Waals surface area contributed by atoms with Gasteiger partial charge in [0.25, 0.3) is 0 Å². The molecule has 1 heteroatoms. The summed E-state index contributed by atoms with van der Waals surface area (Å²) in [6.07, 6.45) is 3.38. The molecule has 0 heterocycles. The smallest absolute Gasteiger partial charge is 0.0429 e. The van der Waals surface area contributed by atoms with Gasteiger partial charge in [-0.05, 0) is 36.3 Å². The Balaban J connectivity index is 3.03. The van der Waals surface area contributed by atoms with Crippen LogP contribution in [0.1, 0.15) is 34.1 Å². The van der Waals surface area contributed by atoms with Crippen LogP contribution in [0.4, 0.5) is 0 Å². The Kier molecular flexibility index (Phi) is 3.00. The molecule has 1 atom stereocenters. The SMILES string of the molecule is CC1=CCC(C)C(C(C)C)=C1Cl. The van der Waals surface area contributed by atoms with Crippen LogP contribution in [0.15, 0.2) is 22.3 Å². The standard InChI is InChI=1S/C11H17Cl/c1-7(2)10-8(3)5-6-9(4)11(10)12/h6-8H,5H2,1-4H3. The summed E-state index contributed by atoms with van der Waals surface area (Å²) in [4.78, 5) is 0. The number of halogens is 1. The van der Waals surface area contributed by atoms with Crippen molar-refractivity contribution >= 4 is 11.6 Å². The van der Waals surface area contributed by atoms with Crippen LogP contribution >= 0.6 is 11.6 Å². The molecule has 0 amide bonds. The van der Waals surface area contributed by atoms with Gasteiger partial charge < -0.3 is 0 Å². The summed E-state index contributed by atoms with van der Waals surface area (Å²) < 4.78 is 0. The molecule has 0 saturated carbocycles. The molecule has 12 heavy (non-hydrogen) atoms. The van der Waals surface area contributed by atoms with Crippen molar-refractivity contribution in [2.24, 2.45) is 11.8 Å². The van der Waals surface area contributed by atoms with Crippen LogP contribution in [0.2, 0.25) is 0 Å². The number of rotatable bonds is 1. The fourth-order valence-electron chi connectivity index (χ4n) is 1.84. The molecule has 0 fully saturated rings. The molecule has 1 aliphatic rings. The fraction of sp³-hybridized carbons (Fsp3) is 0.636. The predicted octanol–water partition coefficient (Wildman–Crippen LogP) is 4.12. The highest BCUT2D eigenvalue weighted by atomic mass is 35.5. The van der Waals surface area contributed by atoms with E-state index < -0.39 is 0 Å². The van der Waals surface area contributed by atoms with Crippen molar-refractivity contribution in [2.75, 3.05) is 0 Å². The van der Waals surface area contributed by atoms with Gasteiger partial charge in [-0.3, -0.25) is 0 Å². The molecule has 0 aromatic carbocycles. The van der Waals surface area contributed by atoms with Gasteiger partial charge in [-0.1, -0.05) is 38.4 Å². The molecule has 68 valence electrons. The van der Waals surface area contributed by atoms with E-state index in [1.807, 2.05) is 0 Å². The van der Waals surface area contributed by atoms with E-state index in [-0.39, 0.29) is 0 Å². The third-order valence-electron chi connectivity index (χ3n) is 2.53. The minimum atomic E-state index is 0.580. The monoisotopic (exact) mass is 184 g/mol. The Bertz CT molecular complexity index is 233. The van der Waals surface area contributed by atoms with E-state index in [0.29, 0.717) is 11.8 Å². The van der Waals surface area contributed by atoms with E-state index in [1.54, 1.807) is 0 Å². The highest BCUT2D eigenvalue weighted by Crippen LogP contribution is 2.36. The molecule has 0 aromatic heterocycles. The summed E-state index contributed by atoms with van der Waals surface area (Å²) >= 11 is 6.23. The maximum atomic E-state index is 6.23. The molecule has 0 saturated heterocycles. The van der Waals surface area contributed by atoms with Gasteiger partial charge >= 0.3 is 0 Å². The molecular formula is C11H17Cl. The summed E-state index contributed by atoms with van der Waals surface area (Å²) in [5.41, 5.74) is 2.68. The lowest BCUT2D eigenvalue weighted by molar-refractivity contribution is 0.577. The number of allylic oxidation sites excluding steroid dienone is 4. The van der Waals surface area contributed by atoms with Crippen LogP contribution < -0.4 is 0 Å². The lowest BCUT2D eigenvalue weighted by atomic mass is 9.84. The maximum absolute atomic E-state index is 6.23. The van der Waals surface area contributed by atoms with Gasteiger partial charge in [0, 0.05) is 5.03 Å². The van der Waals surface area contributed by atoms with E-state index >= 15 is 0 Å². The molecule has 0 nitrogen and oxygen atoms in total. The van der Waals surface area contributed by atoms with Gasteiger partial charge in [-0.15, -0.1) is 0 Å². The third kappa shape index (κ3) is 1.74. The van der Waals surface area contributed by atoms with Crippen LogP contribution in [0.5, 0.6) is 0 Å². The van der Waals surface area contributed by atoms with Crippen LogP contribution in [0.3, 0.4) is 0 Å². The number of hydrogen-bond donors (Lipinski definition) is 0. The molecule has 1 rings (SSSR count). The third-order valence-corrected chi connectivity index (χ3v) is 3.05. The average molecular weight is 185 g/mol. The summed E-state index contributed by atoms with van der Waals surface area (Å²) in [7, 11) is 0. The van der Waals surface area contributed by atoms with Gasteiger partial charge in [-0.2, -0.15) is 0 Å². The molecule has 0 aliphatic heterocycles. The quantitative estimate of drug-likeness (QED) is 0.575. The van der Waals surface area contributed by atoms with Crippen molar-refractivity contribution in [2.45, 2.75) is 34.1 Å². The topological polar surface area (TPSA) is 0 Å². The van der Waals surface area contributed by atoms with Crippen LogP contribution in [-0.2, 0) is 0 Å². The molecule has 0 spiro atoms. The molecule has 1 unspecified atom stereocenters. The average Bonchev–Trinajstić information content (AvgIpc) is 1.97. The Morgan fingerprint density at radius 2 is 2.08 bits per heavy atom. The molecular weight excluding hydrogens is 168 g/mol. The maximum Gasteiger partial charge on any atom is 0.0429 e. The normalized spacial score (nSPS) is 24.8. The van der Waals surface area contributed by atoms with Crippen molar-refractivity contribution < 1.29 is 0 Å². The second-order valence-corrected chi connectivity index (χ2v) is 4.33. The lowest BCUT2D eigenvalue weighted by Gasteiger charge is -2.24. The van der Waals surface area contributed by atoms with Crippen molar-refractivity contribution in [3.05, 3.63) is 22.3 Å².